The average molecular weight is 410 g/mol. The largest absolute Gasteiger partial charge is 0.296 e. The molecule has 26 heavy (non-hydrogen) atoms. The minimum absolute atomic E-state index is 0.352. The molecule has 0 saturated carbocycles. The van der Waals surface area contributed by atoms with E-state index in [-0.39, 0.29) is 5.91 Å². The van der Waals surface area contributed by atoms with Crippen molar-refractivity contribution in [3.63, 3.8) is 0 Å². The van der Waals surface area contributed by atoms with E-state index in [9.17, 15) is 13.6 Å². The lowest BCUT2D eigenvalue weighted by atomic mass is 10.2. The topological polar surface area (TPSA) is 54.9 Å². The number of halogens is 2. The van der Waals surface area contributed by atoms with Gasteiger partial charge in [-0.2, -0.15) is 8.78 Å². The van der Waals surface area contributed by atoms with Crippen molar-refractivity contribution in [1.29, 1.82) is 0 Å². The van der Waals surface area contributed by atoms with Crippen LogP contribution in [0, 0.1) is 0 Å². The summed E-state index contributed by atoms with van der Waals surface area (Å²) >= 11 is 3.28. The lowest BCUT2D eigenvalue weighted by Crippen LogP contribution is -2.11. The van der Waals surface area contributed by atoms with Gasteiger partial charge >= 0.3 is 0 Å². The molecule has 0 radical (unpaired) electrons. The van der Waals surface area contributed by atoms with Crippen LogP contribution in [0.4, 0.5) is 13.9 Å². The Balaban J connectivity index is 1.55. The highest BCUT2D eigenvalue weighted by Crippen LogP contribution is 2.29. The van der Waals surface area contributed by atoms with E-state index in [1.54, 1.807) is 11.8 Å². The molecule has 3 rings (SSSR count). The molecule has 0 atom stereocenters. The first kappa shape index (κ1) is 18.8. The lowest BCUT2D eigenvalue weighted by molar-refractivity contribution is 0.102. The predicted octanol–water partition coefficient (Wildman–Crippen LogP) is 5.40. The minimum Gasteiger partial charge on any atom is -0.296 e. The summed E-state index contributed by atoms with van der Waals surface area (Å²) in [4.78, 5) is 12.6. The summed E-state index contributed by atoms with van der Waals surface area (Å²) in [6.07, 6.45) is 0. The van der Waals surface area contributed by atoms with Gasteiger partial charge in [-0.25, -0.2) is 0 Å². The SMILES string of the molecule is O=C(Nc1nnc(SCc2ccccc2)s1)c1ccc(SC(F)F)cc1. The number of alkyl halides is 2. The number of rotatable bonds is 7. The number of carbonyl (C=O) groups is 1. The van der Waals surface area contributed by atoms with Crippen LogP contribution in [0.3, 0.4) is 0 Å². The third kappa shape index (κ3) is 5.52. The molecule has 134 valence electrons. The van der Waals surface area contributed by atoms with E-state index >= 15 is 0 Å². The number of hydrogen-bond donors (Lipinski definition) is 1. The van der Waals surface area contributed by atoms with E-state index in [1.807, 2.05) is 30.3 Å². The van der Waals surface area contributed by atoms with Crippen molar-refractivity contribution in [2.45, 2.75) is 20.7 Å². The van der Waals surface area contributed by atoms with E-state index in [2.05, 4.69) is 15.5 Å². The quantitative estimate of drug-likeness (QED) is 0.418. The number of nitrogens with one attached hydrogen (secondary N) is 1. The Hall–Kier alpha value is -1.97. The van der Waals surface area contributed by atoms with Crippen LogP contribution in [-0.2, 0) is 5.75 Å². The fraction of sp³-hybridized carbons (Fsp3) is 0.118. The second kappa shape index (κ2) is 9.11. The smallest absolute Gasteiger partial charge is 0.288 e. The molecule has 0 bridgehead atoms. The normalized spacial score (nSPS) is 10.9. The van der Waals surface area contributed by atoms with E-state index in [1.165, 1.54) is 41.2 Å². The first-order valence-corrected chi connectivity index (χ1v) is 10.1. The number of nitrogens with zero attached hydrogens (tertiary/aromatic N) is 2. The fourth-order valence-electron chi connectivity index (χ4n) is 1.99. The van der Waals surface area contributed by atoms with Crippen molar-refractivity contribution >= 4 is 45.9 Å². The lowest BCUT2D eigenvalue weighted by Gasteiger charge is -2.03. The monoisotopic (exact) mass is 409 g/mol. The maximum Gasteiger partial charge on any atom is 0.288 e. The van der Waals surface area contributed by atoms with Crippen LogP contribution in [-0.4, -0.2) is 21.9 Å². The van der Waals surface area contributed by atoms with Crippen LogP contribution in [0.5, 0.6) is 0 Å². The molecule has 0 saturated heterocycles. The van der Waals surface area contributed by atoms with Gasteiger partial charge in [-0.1, -0.05) is 65.2 Å². The molecule has 1 aromatic heterocycles. The Kier molecular flexibility index (Phi) is 6.59. The van der Waals surface area contributed by atoms with Crippen LogP contribution < -0.4 is 5.32 Å². The maximum absolute atomic E-state index is 12.3. The summed E-state index contributed by atoms with van der Waals surface area (Å²) in [6.45, 7) is 0. The Morgan fingerprint density at radius 1 is 1.08 bits per heavy atom. The van der Waals surface area contributed by atoms with Gasteiger partial charge < -0.3 is 0 Å². The molecule has 9 heteroatoms. The maximum atomic E-state index is 12.3. The second-order valence-electron chi connectivity index (χ2n) is 5.00. The van der Waals surface area contributed by atoms with Gasteiger partial charge in [0.15, 0.2) is 4.34 Å². The molecule has 3 aromatic rings. The Morgan fingerprint density at radius 2 is 1.81 bits per heavy atom. The zero-order chi connectivity index (χ0) is 18.4. The van der Waals surface area contributed by atoms with Gasteiger partial charge in [0, 0.05) is 16.2 Å². The molecule has 0 fully saturated rings. The molecule has 0 unspecified atom stereocenters. The van der Waals surface area contributed by atoms with Crippen molar-refractivity contribution in [2.24, 2.45) is 0 Å². The number of thioether (sulfide) groups is 2. The third-order valence-electron chi connectivity index (χ3n) is 3.17. The fourth-order valence-corrected chi connectivity index (χ4v) is 4.20. The molecule has 1 N–H and O–H groups in total. The second-order valence-corrected chi connectivity index (χ2v) is 8.27. The van der Waals surface area contributed by atoms with Crippen molar-refractivity contribution in [1.82, 2.24) is 10.2 Å². The number of anilines is 1. The number of carbonyl (C=O) groups excluding carboxylic acids is 1. The van der Waals surface area contributed by atoms with Gasteiger partial charge in [0.2, 0.25) is 5.13 Å². The number of benzene rings is 2. The Labute approximate surface area is 161 Å². The zero-order valence-electron chi connectivity index (χ0n) is 13.3. The average Bonchev–Trinajstić information content (AvgIpc) is 3.08. The molecule has 2 aromatic carbocycles. The molecule has 1 amide bonds. The first-order chi connectivity index (χ1) is 12.6. The van der Waals surface area contributed by atoms with Gasteiger partial charge in [-0.05, 0) is 29.8 Å². The minimum atomic E-state index is -2.48. The van der Waals surface area contributed by atoms with E-state index in [0.29, 0.717) is 27.4 Å². The van der Waals surface area contributed by atoms with Gasteiger partial charge in [0.05, 0.1) is 0 Å². The summed E-state index contributed by atoms with van der Waals surface area (Å²) in [5, 5.41) is 11.1. The van der Waals surface area contributed by atoms with Crippen LogP contribution in [0.2, 0.25) is 0 Å². The number of aromatic nitrogens is 2. The molecule has 0 aliphatic rings. The van der Waals surface area contributed by atoms with Gasteiger partial charge in [0.1, 0.15) is 0 Å². The molecule has 0 aliphatic heterocycles. The van der Waals surface area contributed by atoms with E-state index < -0.39 is 5.76 Å². The van der Waals surface area contributed by atoms with Crippen molar-refractivity contribution < 1.29 is 13.6 Å². The van der Waals surface area contributed by atoms with Gasteiger partial charge in [0.25, 0.3) is 11.7 Å². The number of hydrogen-bond acceptors (Lipinski definition) is 6. The number of amides is 1. The van der Waals surface area contributed by atoms with E-state index in [4.69, 9.17) is 0 Å². The van der Waals surface area contributed by atoms with Crippen LogP contribution >= 0.6 is 34.9 Å². The summed E-state index contributed by atoms with van der Waals surface area (Å²) in [5.41, 5.74) is 1.55. The molecule has 1 heterocycles. The molecular weight excluding hydrogens is 396 g/mol. The highest BCUT2D eigenvalue weighted by Gasteiger charge is 2.12. The molecule has 0 spiro atoms. The Bertz CT molecular complexity index is 857. The summed E-state index contributed by atoms with van der Waals surface area (Å²) in [6, 6.07) is 16.0. The summed E-state index contributed by atoms with van der Waals surface area (Å²) < 4.78 is 25.4. The molecule has 0 aliphatic carbocycles. The van der Waals surface area contributed by atoms with Crippen molar-refractivity contribution in [3.05, 3.63) is 65.7 Å². The van der Waals surface area contributed by atoms with Gasteiger partial charge in [-0.3, -0.25) is 10.1 Å². The standard InChI is InChI=1S/C17H13F2N3OS3/c18-15(19)25-13-8-6-12(7-9-13)14(23)20-16-21-22-17(26-16)24-10-11-4-2-1-3-5-11/h1-9,15H,10H2,(H,20,21,23). The molecule has 4 nitrogen and oxygen atoms in total. The highest BCUT2D eigenvalue weighted by atomic mass is 32.2. The molecular formula is C17H13F2N3OS3. The van der Waals surface area contributed by atoms with Crippen molar-refractivity contribution in [3.8, 4) is 0 Å². The van der Waals surface area contributed by atoms with Crippen LogP contribution in [0.1, 0.15) is 15.9 Å². The third-order valence-corrected chi connectivity index (χ3v) is 5.94. The summed E-state index contributed by atoms with van der Waals surface area (Å²) in [7, 11) is 0. The van der Waals surface area contributed by atoms with Crippen LogP contribution in [0.15, 0.2) is 63.8 Å². The van der Waals surface area contributed by atoms with Gasteiger partial charge in [-0.15, -0.1) is 10.2 Å². The van der Waals surface area contributed by atoms with Crippen molar-refractivity contribution in [2.75, 3.05) is 5.32 Å². The first-order valence-electron chi connectivity index (χ1n) is 7.46. The van der Waals surface area contributed by atoms with E-state index in [0.717, 1.165) is 10.1 Å². The Morgan fingerprint density at radius 3 is 2.50 bits per heavy atom. The predicted molar refractivity (Wildman–Crippen MR) is 102 cm³/mol. The highest BCUT2D eigenvalue weighted by molar-refractivity contribution is 8.00. The zero-order valence-corrected chi connectivity index (χ0v) is 15.7. The summed E-state index contributed by atoms with van der Waals surface area (Å²) in [5.74, 6) is -2.07. The van der Waals surface area contributed by atoms with Crippen LogP contribution in [0.25, 0.3) is 0 Å².